The molecule has 1 unspecified atom stereocenters. The number of hydrogen-bond acceptors (Lipinski definition) is 5. The minimum atomic E-state index is -0.862. The average Bonchev–Trinajstić information content (AvgIpc) is 2.81. The van der Waals surface area contributed by atoms with E-state index in [2.05, 4.69) is 21.6 Å². The van der Waals surface area contributed by atoms with Gasteiger partial charge in [-0.2, -0.15) is 5.26 Å². The fraction of sp³-hybridized carbons (Fsp3) is 0.625. The van der Waals surface area contributed by atoms with Gasteiger partial charge in [0.2, 0.25) is 5.91 Å². The van der Waals surface area contributed by atoms with E-state index in [1.54, 1.807) is 31.4 Å². The second-order valence-corrected chi connectivity index (χ2v) is 8.98. The van der Waals surface area contributed by atoms with Crippen LogP contribution in [-0.4, -0.2) is 55.5 Å². The van der Waals surface area contributed by atoms with Gasteiger partial charge in [-0.25, -0.2) is 0 Å². The summed E-state index contributed by atoms with van der Waals surface area (Å²) < 4.78 is 5.15. The zero-order valence-electron chi connectivity index (χ0n) is 18.7. The number of methoxy groups -OCH3 is 1. The van der Waals surface area contributed by atoms with Gasteiger partial charge in [-0.15, -0.1) is 0 Å². The second-order valence-electron chi connectivity index (χ2n) is 8.98. The Morgan fingerprint density at radius 3 is 2.42 bits per heavy atom. The van der Waals surface area contributed by atoms with Crippen LogP contribution in [0.2, 0.25) is 0 Å². The molecule has 1 aliphatic heterocycles. The lowest BCUT2D eigenvalue weighted by atomic mass is 9.84. The number of amides is 2. The predicted octanol–water partition coefficient (Wildman–Crippen LogP) is 2.87. The van der Waals surface area contributed by atoms with E-state index >= 15 is 0 Å². The topological polar surface area (TPSA) is 94.5 Å². The molecule has 1 atom stereocenters. The Morgan fingerprint density at radius 1 is 1.19 bits per heavy atom. The molecule has 0 spiro atoms. The van der Waals surface area contributed by atoms with Gasteiger partial charge in [0.25, 0.3) is 5.91 Å². The quantitative estimate of drug-likeness (QED) is 0.699. The fourth-order valence-corrected chi connectivity index (χ4v) is 4.56. The fourth-order valence-electron chi connectivity index (χ4n) is 4.56. The Labute approximate surface area is 185 Å². The number of rotatable bonds is 7. The molecule has 0 radical (unpaired) electrons. The van der Waals surface area contributed by atoms with Gasteiger partial charge in [-0.1, -0.05) is 32.1 Å². The van der Waals surface area contributed by atoms with Gasteiger partial charge in [0, 0.05) is 18.7 Å². The van der Waals surface area contributed by atoms with E-state index in [-0.39, 0.29) is 11.8 Å². The van der Waals surface area contributed by atoms with Gasteiger partial charge in [0.15, 0.2) is 0 Å². The molecule has 0 aromatic heterocycles. The van der Waals surface area contributed by atoms with Gasteiger partial charge >= 0.3 is 0 Å². The molecule has 168 valence electrons. The Morgan fingerprint density at radius 2 is 1.84 bits per heavy atom. The van der Waals surface area contributed by atoms with Crippen LogP contribution in [-0.2, 0) is 4.79 Å². The SMILES string of the molecule is COc1ccc(C(=O)NC(CC2CCCCC2)C(=O)NC2(C#N)CCN(C)CC2)cc1. The summed E-state index contributed by atoms with van der Waals surface area (Å²) in [5, 5.41) is 15.8. The summed E-state index contributed by atoms with van der Waals surface area (Å²) in [4.78, 5) is 28.3. The molecule has 2 aliphatic rings. The average molecular weight is 427 g/mol. The van der Waals surface area contributed by atoms with E-state index < -0.39 is 11.6 Å². The highest BCUT2D eigenvalue weighted by Crippen LogP contribution is 2.28. The molecule has 2 N–H and O–H groups in total. The predicted molar refractivity (Wildman–Crippen MR) is 119 cm³/mol. The van der Waals surface area contributed by atoms with Crippen molar-refractivity contribution in [2.24, 2.45) is 5.92 Å². The number of ether oxygens (including phenoxy) is 1. The van der Waals surface area contributed by atoms with E-state index in [1.165, 1.54) is 19.3 Å². The second kappa shape index (κ2) is 10.6. The lowest BCUT2D eigenvalue weighted by molar-refractivity contribution is -0.125. The number of likely N-dealkylation sites (tertiary alicyclic amines) is 1. The van der Waals surface area contributed by atoms with Crippen LogP contribution in [0.25, 0.3) is 0 Å². The van der Waals surface area contributed by atoms with Gasteiger partial charge < -0.3 is 20.3 Å². The van der Waals surface area contributed by atoms with Crippen molar-refractivity contribution in [3.8, 4) is 11.8 Å². The highest BCUT2D eigenvalue weighted by atomic mass is 16.5. The van der Waals surface area contributed by atoms with Gasteiger partial charge in [0.05, 0.1) is 13.2 Å². The van der Waals surface area contributed by atoms with Crippen molar-refractivity contribution in [1.82, 2.24) is 15.5 Å². The first-order valence-corrected chi connectivity index (χ1v) is 11.3. The van der Waals surface area contributed by atoms with Crippen LogP contribution in [0.1, 0.15) is 61.7 Å². The van der Waals surface area contributed by atoms with E-state index in [4.69, 9.17) is 4.74 Å². The molecule has 31 heavy (non-hydrogen) atoms. The third-order valence-corrected chi connectivity index (χ3v) is 6.68. The highest BCUT2D eigenvalue weighted by Gasteiger charge is 2.38. The molecular weight excluding hydrogens is 392 g/mol. The normalized spacial score (nSPS) is 20.3. The highest BCUT2D eigenvalue weighted by molar-refractivity contribution is 5.97. The van der Waals surface area contributed by atoms with Crippen molar-refractivity contribution in [3.05, 3.63) is 29.8 Å². The van der Waals surface area contributed by atoms with E-state index in [1.807, 2.05) is 7.05 Å². The third kappa shape index (κ3) is 6.20. The van der Waals surface area contributed by atoms with Gasteiger partial charge in [0.1, 0.15) is 17.3 Å². The molecule has 1 aromatic rings. The molecule has 1 aromatic carbocycles. The summed E-state index contributed by atoms with van der Waals surface area (Å²) >= 11 is 0. The van der Waals surface area contributed by atoms with Crippen LogP contribution in [0.3, 0.4) is 0 Å². The molecule has 0 bridgehead atoms. The standard InChI is InChI=1S/C24H34N4O3/c1-28-14-12-24(17-25,13-15-28)27-23(30)21(16-18-6-4-3-5-7-18)26-22(29)19-8-10-20(31-2)11-9-19/h8-11,18,21H,3-7,12-16H2,1-2H3,(H,26,29)(H,27,30). The van der Waals surface area contributed by atoms with Gasteiger partial charge in [-0.3, -0.25) is 9.59 Å². The number of nitrogens with one attached hydrogen (secondary N) is 2. The molecule has 1 saturated heterocycles. The monoisotopic (exact) mass is 426 g/mol. The van der Waals surface area contributed by atoms with Crippen LogP contribution in [0, 0.1) is 17.2 Å². The molecule has 3 rings (SSSR count). The van der Waals surface area contributed by atoms with Crippen molar-refractivity contribution >= 4 is 11.8 Å². The van der Waals surface area contributed by atoms with Crippen molar-refractivity contribution in [3.63, 3.8) is 0 Å². The minimum Gasteiger partial charge on any atom is -0.497 e. The summed E-state index contributed by atoms with van der Waals surface area (Å²) in [7, 11) is 3.59. The summed E-state index contributed by atoms with van der Waals surface area (Å²) in [6, 6.07) is 8.53. The number of piperidine rings is 1. The Balaban J connectivity index is 1.72. The maximum absolute atomic E-state index is 13.3. The summed E-state index contributed by atoms with van der Waals surface area (Å²) in [6.07, 6.45) is 7.51. The zero-order chi connectivity index (χ0) is 22.3. The van der Waals surface area contributed by atoms with Crippen molar-refractivity contribution in [2.45, 2.75) is 62.9 Å². The van der Waals surface area contributed by atoms with Crippen LogP contribution in [0.15, 0.2) is 24.3 Å². The van der Waals surface area contributed by atoms with Crippen LogP contribution >= 0.6 is 0 Å². The van der Waals surface area contributed by atoms with E-state index in [0.29, 0.717) is 36.5 Å². The van der Waals surface area contributed by atoms with Gasteiger partial charge in [-0.05, 0) is 56.5 Å². The molecule has 2 fully saturated rings. The number of benzene rings is 1. The van der Waals surface area contributed by atoms with E-state index in [9.17, 15) is 14.9 Å². The van der Waals surface area contributed by atoms with Crippen LogP contribution in [0.4, 0.5) is 0 Å². The Hall–Kier alpha value is -2.59. The number of carbonyl (C=O) groups excluding carboxylic acids is 2. The van der Waals surface area contributed by atoms with Crippen LogP contribution < -0.4 is 15.4 Å². The Bertz CT molecular complexity index is 788. The Kier molecular flexibility index (Phi) is 7.91. The zero-order valence-corrected chi connectivity index (χ0v) is 18.7. The maximum Gasteiger partial charge on any atom is 0.251 e. The third-order valence-electron chi connectivity index (χ3n) is 6.68. The number of nitrogens with zero attached hydrogens (tertiary/aromatic N) is 2. The summed E-state index contributed by atoms with van der Waals surface area (Å²) in [5.41, 5.74) is -0.379. The first kappa shape index (κ1) is 23.1. The first-order chi connectivity index (χ1) is 14.9. The first-order valence-electron chi connectivity index (χ1n) is 11.3. The minimum absolute atomic E-state index is 0.251. The molecule has 7 nitrogen and oxygen atoms in total. The van der Waals surface area contributed by atoms with Crippen molar-refractivity contribution in [1.29, 1.82) is 5.26 Å². The lowest BCUT2D eigenvalue weighted by Crippen LogP contribution is -2.58. The lowest BCUT2D eigenvalue weighted by Gasteiger charge is -2.37. The molecule has 2 amide bonds. The molecule has 1 aliphatic carbocycles. The van der Waals surface area contributed by atoms with Crippen molar-refractivity contribution in [2.75, 3.05) is 27.2 Å². The maximum atomic E-state index is 13.3. The molecule has 1 saturated carbocycles. The summed E-state index contributed by atoms with van der Waals surface area (Å²) in [5.74, 6) is 0.550. The number of nitriles is 1. The number of carbonyl (C=O) groups is 2. The molecule has 7 heteroatoms. The molecular formula is C24H34N4O3. The van der Waals surface area contributed by atoms with E-state index in [0.717, 1.165) is 25.9 Å². The van der Waals surface area contributed by atoms with Crippen molar-refractivity contribution < 1.29 is 14.3 Å². The van der Waals surface area contributed by atoms with Crippen LogP contribution in [0.5, 0.6) is 5.75 Å². The molecule has 1 heterocycles. The summed E-state index contributed by atoms with van der Waals surface area (Å²) in [6.45, 7) is 1.53. The largest absolute Gasteiger partial charge is 0.497 e. The number of hydrogen-bond donors (Lipinski definition) is 2. The smallest absolute Gasteiger partial charge is 0.251 e.